The molecule has 0 atom stereocenters. The van der Waals surface area contributed by atoms with E-state index in [9.17, 15) is 9.90 Å². The first-order valence-electron chi connectivity index (χ1n) is 4.02. The molecule has 0 bridgehead atoms. The average Bonchev–Trinajstić information content (AvgIpc) is 2.70. The Bertz CT molecular complexity index is 448. The van der Waals surface area contributed by atoms with E-state index in [0.29, 0.717) is 0 Å². The molecule has 70 valence electrons. The maximum atomic E-state index is 11.6. The number of carbonyl (C=O) groups excluding carboxylic acids is 1. The van der Waals surface area contributed by atoms with Gasteiger partial charge in [0.25, 0.3) is 0 Å². The summed E-state index contributed by atoms with van der Waals surface area (Å²) in [5.74, 6) is -0.405. The zero-order valence-electron chi connectivity index (χ0n) is 7.18. The molecule has 1 N–H and O–H groups in total. The molecule has 0 radical (unpaired) electrons. The number of aromatic hydroxyl groups is 1. The highest BCUT2D eigenvalue weighted by molar-refractivity contribution is 6.09. The minimum Gasteiger partial charge on any atom is -0.507 e. The molecule has 1 aromatic heterocycles. The maximum Gasteiger partial charge on any atom is 0.218 e. The Kier molecular flexibility index (Phi) is 2.02. The Morgan fingerprint density at radius 3 is 2.71 bits per heavy atom. The Hall–Kier alpha value is -2.10. The van der Waals surface area contributed by atoms with Crippen LogP contribution in [0.3, 0.4) is 0 Å². The summed E-state index contributed by atoms with van der Waals surface area (Å²) in [6, 6.07) is 7.76. The lowest BCUT2D eigenvalue weighted by Gasteiger charge is -1.99. The summed E-state index contributed by atoms with van der Waals surface area (Å²) in [6.45, 7) is 0. The SMILES string of the molecule is O=C(c1ccon1)c1ccccc1O. The molecule has 0 amide bonds. The molecular weight excluding hydrogens is 182 g/mol. The molecule has 1 heterocycles. The summed E-state index contributed by atoms with van der Waals surface area (Å²) < 4.78 is 4.54. The summed E-state index contributed by atoms with van der Waals surface area (Å²) >= 11 is 0. The van der Waals surface area contributed by atoms with E-state index >= 15 is 0 Å². The molecule has 0 aliphatic heterocycles. The van der Waals surface area contributed by atoms with Crippen molar-refractivity contribution < 1.29 is 14.4 Å². The third kappa shape index (κ3) is 1.37. The van der Waals surface area contributed by atoms with Crippen LogP contribution in [0.4, 0.5) is 0 Å². The quantitative estimate of drug-likeness (QED) is 0.729. The second-order valence-corrected chi connectivity index (χ2v) is 2.73. The molecule has 14 heavy (non-hydrogen) atoms. The van der Waals surface area contributed by atoms with Gasteiger partial charge in [-0.3, -0.25) is 4.79 Å². The molecule has 2 rings (SSSR count). The Labute approximate surface area is 79.8 Å². The predicted molar refractivity (Wildman–Crippen MR) is 48.0 cm³/mol. The molecule has 4 nitrogen and oxygen atoms in total. The van der Waals surface area contributed by atoms with Gasteiger partial charge in [0.2, 0.25) is 5.78 Å². The molecule has 0 saturated heterocycles. The topological polar surface area (TPSA) is 63.3 Å². The van der Waals surface area contributed by atoms with E-state index in [0.717, 1.165) is 0 Å². The largest absolute Gasteiger partial charge is 0.507 e. The number of carbonyl (C=O) groups is 1. The lowest BCUT2D eigenvalue weighted by Crippen LogP contribution is -2.01. The fourth-order valence-corrected chi connectivity index (χ4v) is 1.13. The molecule has 0 unspecified atom stereocenters. The first kappa shape index (κ1) is 8.50. The number of para-hydroxylation sites is 1. The number of hydrogen-bond acceptors (Lipinski definition) is 4. The summed E-state index contributed by atoms with van der Waals surface area (Å²) in [5.41, 5.74) is 0.410. The molecule has 0 fully saturated rings. The van der Waals surface area contributed by atoms with Gasteiger partial charge in [0.05, 0.1) is 5.56 Å². The Morgan fingerprint density at radius 1 is 1.29 bits per heavy atom. The molecule has 2 aromatic rings. The van der Waals surface area contributed by atoms with Crippen molar-refractivity contribution in [3.05, 3.63) is 47.9 Å². The molecule has 0 spiro atoms. The van der Waals surface area contributed by atoms with Crippen molar-refractivity contribution in [2.45, 2.75) is 0 Å². The predicted octanol–water partition coefficient (Wildman–Crippen LogP) is 1.61. The van der Waals surface area contributed by atoms with Crippen molar-refractivity contribution in [2.24, 2.45) is 0 Å². The Balaban J connectivity index is 2.42. The lowest BCUT2D eigenvalue weighted by atomic mass is 10.1. The third-order valence-corrected chi connectivity index (χ3v) is 1.82. The van der Waals surface area contributed by atoms with E-state index in [-0.39, 0.29) is 22.8 Å². The summed E-state index contributed by atoms with van der Waals surface area (Å²) in [4.78, 5) is 11.6. The normalized spacial score (nSPS) is 10.0. The van der Waals surface area contributed by atoms with Crippen LogP contribution in [0.15, 0.2) is 41.1 Å². The fraction of sp³-hybridized carbons (Fsp3) is 0. The maximum absolute atomic E-state index is 11.6. The van der Waals surface area contributed by atoms with Crippen LogP contribution >= 0.6 is 0 Å². The summed E-state index contributed by atoms with van der Waals surface area (Å²) in [7, 11) is 0. The highest BCUT2D eigenvalue weighted by atomic mass is 16.5. The van der Waals surface area contributed by atoms with Crippen LogP contribution in [0, 0.1) is 0 Å². The number of aromatic nitrogens is 1. The van der Waals surface area contributed by atoms with Crippen molar-refractivity contribution >= 4 is 5.78 Å². The van der Waals surface area contributed by atoms with E-state index < -0.39 is 0 Å². The van der Waals surface area contributed by atoms with Crippen LogP contribution in [-0.4, -0.2) is 16.0 Å². The zero-order chi connectivity index (χ0) is 9.97. The van der Waals surface area contributed by atoms with Crippen molar-refractivity contribution in [2.75, 3.05) is 0 Å². The van der Waals surface area contributed by atoms with Gasteiger partial charge >= 0.3 is 0 Å². The highest BCUT2D eigenvalue weighted by Crippen LogP contribution is 2.18. The van der Waals surface area contributed by atoms with Crippen molar-refractivity contribution in [3.63, 3.8) is 0 Å². The van der Waals surface area contributed by atoms with Crippen LogP contribution in [0.5, 0.6) is 5.75 Å². The van der Waals surface area contributed by atoms with Gasteiger partial charge in [-0.1, -0.05) is 17.3 Å². The number of ketones is 1. The van der Waals surface area contributed by atoms with Gasteiger partial charge in [0.1, 0.15) is 12.0 Å². The lowest BCUT2D eigenvalue weighted by molar-refractivity contribution is 0.102. The standard InChI is InChI=1S/C10H7NO3/c12-9-4-2-1-3-7(9)10(13)8-5-6-14-11-8/h1-6,12H. The zero-order valence-corrected chi connectivity index (χ0v) is 7.18. The van der Waals surface area contributed by atoms with E-state index in [1.807, 2.05) is 0 Å². The van der Waals surface area contributed by atoms with E-state index in [1.54, 1.807) is 12.1 Å². The Morgan fingerprint density at radius 2 is 2.07 bits per heavy atom. The van der Waals surface area contributed by atoms with Crippen molar-refractivity contribution in [1.29, 1.82) is 0 Å². The molecule has 4 heteroatoms. The number of hydrogen-bond donors (Lipinski definition) is 1. The fourth-order valence-electron chi connectivity index (χ4n) is 1.13. The number of phenolic OH excluding ortho intramolecular Hbond substituents is 1. The molecule has 0 aliphatic carbocycles. The second kappa shape index (κ2) is 3.33. The highest BCUT2D eigenvalue weighted by Gasteiger charge is 2.14. The minimum atomic E-state index is -0.350. The monoisotopic (exact) mass is 189 g/mol. The van der Waals surface area contributed by atoms with E-state index in [2.05, 4.69) is 9.68 Å². The van der Waals surface area contributed by atoms with Gasteiger partial charge in [-0.25, -0.2) is 0 Å². The number of nitrogens with zero attached hydrogens (tertiary/aromatic N) is 1. The second-order valence-electron chi connectivity index (χ2n) is 2.73. The molecular formula is C10H7NO3. The molecule has 0 saturated carbocycles. The molecule has 1 aromatic carbocycles. The van der Waals surface area contributed by atoms with Crippen LogP contribution in [0.2, 0.25) is 0 Å². The first-order valence-corrected chi connectivity index (χ1v) is 4.02. The van der Waals surface area contributed by atoms with E-state index in [1.165, 1.54) is 24.5 Å². The third-order valence-electron chi connectivity index (χ3n) is 1.82. The van der Waals surface area contributed by atoms with Gasteiger partial charge in [0, 0.05) is 6.07 Å². The smallest absolute Gasteiger partial charge is 0.218 e. The number of benzene rings is 1. The van der Waals surface area contributed by atoms with Gasteiger partial charge in [-0.15, -0.1) is 0 Å². The van der Waals surface area contributed by atoms with Gasteiger partial charge in [-0.05, 0) is 12.1 Å². The minimum absolute atomic E-state index is 0.0551. The summed E-state index contributed by atoms with van der Waals surface area (Å²) in [5, 5.41) is 12.9. The van der Waals surface area contributed by atoms with Crippen LogP contribution in [-0.2, 0) is 0 Å². The summed E-state index contributed by atoms with van der Waals surface area (Å²) in [6.07, 6.45) is 1.31. The number of rotatable bonds is 2. The van der Waals surface area contributed by atoms with Crippen LogP contribution in [0.1, 0.15) is 16.1 Å². The van der Waals surface area contributed by atoms with E-state index in [4.69, 9.17) is 0 Å². The van der Waals surface area contributed by atoms with Crippen molar-refractivity contribution in [3.8, 4) is 5.75 Å². The van der Waals surface area contributed by atoms with Gasteiger partial charge < -0.3 is 9.63 Å². The van der Waals surface area contributed by atoms with Crippen molar-refractivity contribution in [1.82, 2.24) is 5.16 Å². The van der Waals surface area contributed by atoms with Gasteiger partial charge in [0.15, 0.2) is 5.69 Å². The molecule has 0 aliphatic rings. The van der Waals surface area contributed by atoms with Crippen LogP contribution < -0.4 is 0 Å². The average molecular weight is 189 g/mol. The van der Waals surface area contributed by atoms with Gasteiger partial charge in [-0.2, -0.15) is 0 Å². The van der Waals surface area contributed by atoms with Crippen LogP contribution in [0.25, 0.3) is 0 Å². The first-order chi connectivity index (χ1) is 6.79. The number of phenols is 1.